The lowest BCUT2D eigenvalue weighted by Gasteiger charge is -2.40. The number of ether oxygens (including phenoxy) is 1. The van der Waals surface area contributed by atoms with Gasteiger partial charge < -0.3 is 9.64 Å². The van der Waals surface area contributed by atoms with Crippen LogP contribution in [0.25, 0.3) is 0 Å². The van der Waals surface area contributed by atoms with Gasteiger partial charge in [0.1, 0.15) is 12.6 Å². The van der Waals surface area contributed by atoms with Gasteiger partial charge in [-0.15, -0.1) is 0 Å². The molecule has 1 saturated heterocycles. The Morgan fingerprint density at radius 2 is 1.77 bits per heavy atom. The van der Waals surface area contributed by atoms with E-state index in [1.807, 2.05) is 0 Å². The zero-order valence-electron chi connectivity index (χ0n) is 12.3. The van der Waals surface area contributed by atoms with E-state index < -0.39 is 12.2 Å². The predicted octanol–water partition coefficient (Wildman–Crippen LogP) is 2.08. The molecule has 1 unspecified atom stereocenters. The summed E-state index contributed by atoms with van der Waals surface area (Å²) in [6, 6.07) is 6.24. The molecule has 122 valence electrons. The second-order valence-corrected chi connectivity index (χ2v) is 5.20. The van der Waals surface area contributed by atoms with E-state index in [1.165, 1.54) is 24.1 Å². The summed E-state index contributed by atoms with van der Waals surface area (Å²) in [4.78, 5) is 14.6. The highest BCUT2D eigenvalue weighted by atomic mass is 19.4. The molecule has 0 saturated carbocycles. The first kappa shape index (κ1) is 16.8. The van der Waals surface area contributed by atoms with Gasteiger partial charge in [-0.05, 0) is 5.56 Å². The molecule has 0 bridgehead atoms. The molecule has 0 aliphatic carbocycles. The number of piperazine rings is 1. The van der Waals surface area contributed by atoms with E-state index in [4.69, 9.17) is 4.74 Å². The zero-order valence-corrected chi connectivity index (χ0v) is 12.3. The van der Waals surface area contributed by atoms with Crippen LogP contribution in [0.2, 0.25) is 0 Å². The van der Waals surface area contributed by atoms with Crippen molar-refractivity contribution in [2.45, 2.75) is 12.2 Å². The summed E-state index contributed by atoms with van der Waals surface area (Å²) in [7, 11) is 1.42. The van der Waals surface area contributed by atoms with Crippen LogP contribution in [0.15, 0.2) is 30.3 Å². The maximum absolute atomic E-state index is 13.4. The van der Waals surface area contributed by atoms with Gasteiger partial charge in [-0.1, -0.05) is 30.3 Å². The molecule has 1 aromatic carbocycles. The van der Waals surface area contributed by atoms with Crippen LogP contribution in [-0.2, 0) is 9.53 Å². The van der Waals surface area contributed by atoms with Gasteiger partial charge in [0.15, 0.2) is 0 Å². The Morgan fingerprint density at radius 3 is 2.27 bits per heavy atom. The van der Waals surface area contributed by atoms with Crippen LogP contribution in [0.1, 0.15) is 11.6 Å². The lowest BCUT2D eigenvalue weighted by atomic mass is 10.0. The number of rotatable bonds is 4. The summed E-state index contributed by atoms with van der Waals surface area (Å²) in [6.07, 6.45) is -4.35. The van der Waals surface area contributed by atoms with Gasteiger partial charge in [0.25, 0.3) is 0 Å². The molecule has 1 aliphatic rings. The van der Waals surface area contributed by atoms with Gasteiger partial charge in [0.2, 0.25) is 5.91 Å². The van der Waals surface area contributed by atoms with Crippen molar-refractivity contribution in [2.24, 2.45) is 0 Å². The van der Waals surface area contributed by atoms with Gasteiger partial charge in [-0.3, -0.25) is 9.69 Å². The molecule has 1 heterocycles. The summed E-state index contributed by atoms with van der Waals surface area (Å²) in [5.74, 6) is -0.189. The first-order valence-corrected chi connectivity index (χ1v) is 7.06. The smallest absolute Gasteiger partial charge is 0.375 e. The van der Waals surface area contributed by atoms with Crippen molar-refractivity contribution in [1.82, 2.24) is 9.80 Å². The maximum Gasteiger partial charge on any atom is 0.408 e. The normalized spacial score (nSPS) is 18.3. The number of halogens is 3. The summed E-state index contributed by atoms with van der Waals surface area (Å²) < 4.78 is 45.0. The van der Waals surface area contributed by atoms with Crippen molar-refractivity contribution >= 4 is 5.91 Å². The highest BCUT2D eigenvalue weighted by Gasteiger charge is 2.45. The first-order valence-electron chi connectivity index (χ1n) is 7.06. The molecule has 4 nitrogen and oxygen atoms in total. The molecule has 0 spiro atoms. The monoisotopic (exact) mass is 316 g/mol. The number of hydrogen-bond donors (Lipinski definition) is 0. The number of methoxy groups -OCH3 is 1. The molecule has 2 rings (SSSR count). The lowest BCUT2D eigenvalue weighted by molar-refractivity contribution is -0.190. The highest BCUT2D eigenvalue weighted by Crippen LogP contribution is 2.37. The van der Waals surface area contributed by atoms with Crippen LogP contribution in [0, 0.1) is 0 Å². The zero-order chi connectivity index (χ0) is 16.2. The topological polar surface area (TPSA) is 32.8 Å². The molecule has 0 aromatic heterocycles. The minimum absolute atomic E-state index is 0.0403. The fraction of sp³-hybridized carbons (Fsp3) is 0.533. The van der Waals surface area contributed by atoms with Crippen LogP contribution in [-0.4, -0.2) is 61.8 Å². The third-order valence-corrected chi connectivity index (χ3v) is 3.73. The number of alkyl halides is 3. The van der Waals surface area contributed by atoms with Crippen molar-refractivity contribution in [3.05, 3.63) is 35.9 Å². The Bertz CT molecular complexity index is 485. The van der Waals surface area contributed by atoms with E-state index in [9.17, 15) is 18.0 Å². The Labute approximate surface area is 127 Å². The number of benzene rings is 1. The van der Waals surface area contributed by atoms with Crippen molar-refractivity contribution in [1.29, 1.82) is 0 Å². The quantitative estimate of drug-likeness (QED) is 0.853. The van der Waals surface area contributed by atoms with E-state index in [2.05, 4.69) is 0 Å². The molecular weight excluding hydrogens is 297 g/mol. The number of carbonyl (C=O) groups is 1. The molecule has 1 atom stereocenters. The largest absolute Gasteiger partial charge is 0.408 e. The molecular formula is C15H19F3N2O2. The van der Waals surface area contributed by atoms with Crippen molar-refractivity contribution in [3.63, 3.8) is 0 Å². The second kappa shape index (κ2) is 7.11. The first-order chi connectivity index (χ1) is 10.4. The number of hydrogen-bond acceptors (Lipinski definition) is 3. The van der Waals surface area contributed by atoms with Crippen molar-refractivity contribution in [3.8, 4) is 0 Å². The van der Waals surface area contributed by atoms with Crippen LogP contribution < -0.4 is 0 Å². The third-order valence-electron chi connectivity index (χ3n) is 3.73. The van der Waals surface area contributed by atoms with Crippen LogP contribution >= 0.6 is 0 Å². The molecule has 1 fully saturated rings. The van der Waals surface area contributed by atoms with Gasteiger partial charge in [-0.25, -0.2) is 0 Å². The highest BCUT2D eigenvalue weighted by molar-refractivity contribution is 5.77. The lowest BCUT2D eigenvalue weighted by Crippen LogP contribution is -2.52. The Morgan fingerprint density at radius 1 is 1.18 bits per heavy atom. The van der Waals surface area contributed by atoms with Gasteiger partial charge in [0, 0.05) is 33.3 Å². The van der Waals surface area contributed by atoms with Gasteiger partial charge >= 0.3 is 6.18 Å². The molecule has 1 amide bonds. The minimum Gasteiger partial charge on any atom is -0.375 e. The molecule has 0 radical (unpaired) electrons. The molecule has 7 heteroatoms. The Hall–Kier alpha value is -1.60. The number of carbonyl (C=O) groups excluding carboxylic acids is 1. The van der Waals surface area contributed by atoms with Crippen LogP contribution in [0.3, 0.4) is 0 Å². The number of nitrogens with zero attached hydrogens (tertiary/aromatic N) is 2. The second-order valence-electron chi connectivity index (χ2n) is 5.20. The molecule has 1 aromatic rings. The minimum atomic E-state index is -4.35. The average Bonchev–Trinajstić information content (AvgIpc) is 2.48. The van der Waals surface area contributed by atoms with E-state index in [1.54, 1.807) is 23.1 Å². The van der Waals surface area contributed by atoms with E-state index in [0.29, 0.717) is 0 Å². The molecule has 22 heavy (non-hydrogen) atoms. The van der Waals surface area contributed by atoms with Crippen LogP contribution in [0.5, 0.6) is 0 Å². The fourth-order valence-electron chi connectivity index (χ4n) is 2.69. The van der Waals surface area contributed by atoms with Crippen molar-refractivity contribution < 1.29 is 22.7 Å². The van der Waals surface area contributed by atoms with E-state index >= 15 is 0 Å². The van der Waals surface area contributed by atoms with Gasteiger partial charge in [0.05, 0.1) is 0 Å². The predicted molar refractivity (Wildman–Crippen MR) is 75.3 cm³/mol. The average molecular weight is 316 g/mol. The maximum atomic E-state index is 13.4. The summed E-state index contributed by atoms with van der Waals surface area (Å²) in [5.41, 5.74) is 0.228. The standard InChI is InChI=1S/C15H19F3N2O2/c1-22-11-13(21)19-7-9-20(10-8-19)14(15(16,17)18)12-5-3-2-4-6-12/h2-6,14H,7-11H2,1H3. The van der Waals surface area contributed by atoms with Crippen LogP contribution in [0.4, 0.5) is 13.2 Å². The fourth-order valence-corrected chi connectivity index (χ4v) is 2.69. The summed E-state index contributed by atoms with van der Waals surface area (Å²) >= 11 is 0. The Kier molecular flexibility index (Phi) is 5.42. The molecule has 0 N–H and O–H groups in total. The Balaban J connectivity index is 2.08. The van der Waals surface area contributed by atoms with Gasteiger partial charge in [-0.2, -0.15) is 13.2 Å². The van der Waals surface area contributed by atoms with E-state index in [0.717, 1.165) is 0 Å². The summed E-state index contributed by atoms with van der Waals surface area (Å²) in [6.45, 7) is 0.896. The van der Waals surface area contributed by atoms with E-state index in [-0.39, 0.29) is 44.3 Å². The SMILES string of the molecule is COCC(=O)N1CCN(C(c2ccccc2)C(F)(F)F)CC1. The molecule has 1 aliphatic heterocycles. The third kappa shape index (κ3) is 3.98. The van der Waals surface area contributed by atoms with Crippen molar-refractivity contribution in [2.75, 3.05) is 39.9 Å². The number of amides is 1. The summed E-state index contributed by atoms with van der Waals surface area (Å²) in [5, 5.41) is 0.